The van der Waals surface area contributed by atoms with Crippen molar-refractivity contribution in [3.8, 4) is 11.5 Å². The lowest BCUT2D eigenvalue weighted by Gasteiger charge is -2.31. The number of imide groups is 1. The van der Waals surface area contributed by atoms with Crippen molar-refractivity contribution in [1.82, 2.24) is 4.57 Å². The molecule has 0 bridgehead atoms. The number of carbonyl (C=O) groups is 3. The number of ether oxygens (including phenoxy) is 1. The fraction of sp³-hybridized carbons (Fsp3) is 0.273. The van der Waals surface area contributed by atoms with Crippen molar-refractivity contribution in [3.05, 3.63) is 92.9 Å². The molecule has 10 nitrogen and oxygen atoms in total. The summed E-state index contributed by atoms with van der Waals surface area (Å²) in [5.41, 5.74) is 2.78. The number of nitrogens with one attached hydrogen (secondary N) is 1. The largest absolute Gasteiger partial charge is 0.508 e. The van der Waals surface area contributed by atoms with Crippen LogP contribution >= 0.6 is 23.1 Å². The molecule has 3 aromatic carbocycles. The quantitative estimate of drug-likeness (QED) is 0.195. The molecule has 0 radical (unpaired) electrons. The minimum absolute atomic E-state index is 0.0673. The summed E-state index contributed by atoms with van der Waals surface area (Å²) in [5, 5.41) is 12.0. The zero-order valence-corrected chi connectivity index (χ0v) is 26.6. The minimum atomic E-state index is -0.792. The summed E-state index contributed by atoms with van der Waals surface area (Å²) in [6, 6.07) is 20.8. The number of nitrogens with zero attached hydrogens (tertiary/aromatic N) is 3. The Hall–Kier alpha value is -4.55. The van der Waals surface area contributed by atoms with Gasteiger partial charge < -0.3 is 20.1 Å². The number of benzene rings is 3. The molecule has 2 N–H and O–H groups in total. The van der Waals surface area contributed by atoms with Crippen LogP contribution in [0.5, 0.6) is 11.5 Å². The number of thiazole rings is 1. The van der Waals surface area contributed by atoms with Crippen LogP contribution in [0.4, 0.5) is 17.1 Å². The molecule has 232 valence electrons. The van der Waals surface area contributed by atoms with E-state index in [-0.39, 0.29) is 29.0 Å². The SMILES string of the molecule is CCN(CC)c1ccc(C2c3sc(=O)n(CC(=O)Nc4ccc(O)cc4)c3SC3C(=O)N(c4ccc(OC)cc4)C(=O)C32)cc1. The van der Waals surface area contributed by atoms with E-state index >= 15 is 0 Å². The molecule has 3 amide bonds. The van der Waals surface area contributed by atoms with Crippen molar-refractivity contribution < 1.29 is 24.2 Å². The van der Waals surface area contributed by atoms with Crippen LogP contribution in [-0.2, 0) is 20.9 Å². The molecule has 2 aliphatic heterocycles. The van der Waals surface area contributed by atoms with Crippen molar-refractivity contribution in [2.45, 2.75) is 36.6 Å². The Morgan fingerprint density at radius 3 is 2.22 bits per heavy atom. The van der Waals surface area contributed by atoms with Gasteiger partial charge in [0.15, 0.2) is 0 Å². The summed E-state index contributed by atoms with van der Waals surface area (Å²) in [4.78, 5) is 58.4. The molecule has 3 heterocycles. The number of aromatic nitrogens is 1. The van der Waals surface area contributed by atoms with E-state index in [0.29, 0.717) is 27.0 Å². The number of hydrogen-bond donors (Lipinski definition) is 2. The highest BCUT2D eigenvalue weighted by molar-refractivity contribution is 8.00. The summed E-state index contributed by atoms with van der Waals surface area (Å²) in [6.45, 7) is 5.58. The number of rotatable bonds is 9. The molecule has 0 spiro atoms. The second-order valence-electron chi connectivity index (χ2n) is 10.7. The van der Waals surface area contributed by atoms with Crippen LogP contribution < -0.4 is 24.7 Å². The van der Waals surface area contributed by atoms with Crippen LogP contribution in [0, 0.1) is 5.92 Å². The molecule has 6 rings (SSSR count). The van der Waals surface area contributed by atoms with E-state index in [1.165, 1.54) is 33.4 Å². The molecule has 3 atom stereocenters. The average molecular weight is 645 g/mol. The van der Waals surface area contributed by atoms with E-state index in [4.69, 9.17) is 4.74 Å². The molecule has 1 aromatic heterocycles. The van der Waals surface area contributed by atoms with Crippen molar-refractivity contribution >= 4 is 57.9 Å². The molecule has 0 saturated carbocycles. The van der Waals surface area contributed by atoms with Gasteiger partial charge in [-0.3, -0.25) is 23.7 Å². The topological polar surface area (TPSA) is 121 Å². The molecule has 12 heteroatoms. The van der Waals surface area contributed by atoms with Gasteiger partial charge in [0.25, 0.3) is 0 Å². The van der Waals surface area contributed by atoms with Crippen molar-refractivity contribution in [1.29, 1.82) is 0 Å². The predicted molar refractivity (Wildman–Crippen MR) is 176 cm³/mol. The number of anilines is 3. The van der Waals surface area contributed by atoms with Gasteiger partial charge in [-0.25, -0.2) is 4.90 Å². The summed E-state index contributed by atoms with van der Waals surface area (Å²) in [6.07, 6.45) is 0. The molecule has 1 fully saturated rings. The van der Waals surface area contributed by atoms with Gasteiger partial charge in [0.2, 0.25) is 17.7 Å². The smallest absolute Gasteiger partial charge is 0.308 e. The molecule has 1 saturated heterocycles. The zero-order valence-electron chi connectivity index (χ0n) is 24.9. The number of amides is 3. The molecular weight excluding hydrogens is 613 g/mol. The molecular formula is C33H32N4O6S2. The Kier molecular flexibility index (Phi) is 8.43. The predicted octanol–water partition coefficient (Wildman–Crippen LogP) is 4.90. The van der Waals surface area contributed by atoms with Crippen molar-refractivity contribution in [2.75, 3.05) is 35.3 Å². The summed E-state index contributed by atoms with van der Waals surface area (Å²) >= 11 is 2.18. The number of aromatic hydroxyl groups is 1. The zero-order chi connectivity index (χ0) is 31.8. The van der Waals surface area contributed by atoms with Crippen LogP contribution in [0.15, 0.2) is 82.6 Å². The molecule has 3 unspecified atom stereocenters. The second-order valence-corrected chi connectivity index (χ2v) is 12.9. The number of phenols is 1. The van der Waals surface area contributed by atoms with Gasteiger partial charge in [-0.15, -0.1) is 0 Å². The second kappa shape index (κ2) is 12.4. The Labute approximate surface area is 268 Å². The third-order valence-corrected chi connectivity index (χ3v) is 10.8. The van der Waals surface area contributed by atoms with Crippen LogP contribution in [-0.4, -0.2) is 52.8 Å². The Morgan fingerprint density at radius 1 is 0.933 bits per heavy atom. The first-order valence-corrected chi connectivity index (χ1v) is 16.3. The van der Waals surface area contributed by atoms with E-state index in [0.717, 1.165) is 35.7 Å². The van der Waals surface area contributed by atoms with Gasteiger partial charge in [0.05, 0.1) is 23.7 Å². The van der Waals surface area contributed by atoms with Gasteiger partial charge in [0.1, 0.15) is 23.3 Å². The van der Waals surface area contributed by atoms with E-state index in [9.17, 15) is 24.3 Å². The highest BCUT2D eigenvalue weighted by Gasteiger charge is 2.56. The lowest BCUT2D eigenvalue weighted by molar-refractivity contribution is -0.122. The highest BCUT2D eigenvalue weighted by Crippen LogP contribution is 2.54. The Morgan fingerprint density at radius 2 is 1.60 bits per heavy atom. The average Bonchev–Trinajstić information content (AvgIpc) is 3.49. The first kappa shape index (κ1) is 30.5. The van der Waals surface area contributed by atoms with Gasteiger partial charge in [0, 0.05) is 35.3 Å². The van der Waals surface area contributed by atoms with E-state index in [2.05, 4.69) is 24.1 Å². The van der Waals surface area contributed by atoms with Crippen LogP contribution in [0.3, 0.4) is 0 Å². The third kappa shape index (κ3) is 5.59. The Balaban J connectivity index is 1.40. The standard InChI is InChI=1S/C33H32N4O6S2/c1-4-35(5-2)21-10-6-19(7-11-21)26-27-28(31(41)37(30(27)40)22-12-16-24(43-3)17-13-22)44-32-29(26)45-33(42)36(32)18-25(39)34-20-8-14-23(38)15-9-20/h6-17,26-28,38H,4-5,18H2,1-3H3,(H,34,39). The molecule has 2 aliphatic rings. The van der Waals surface area contributed by atoms with Crippen LogP contribution in [0.2, 0.25) is 0 Å². The Bertz CT molecular complexity index is 1800. The van der Waals surface area contributed by atoms with E-state index < -0.39 is 23.0 Å². The normalized spacial score (nSPS) is 18.8. The van der Waals surface area contributed by atoms with Gasteiger partial charge >= 0.3 is 4.87 Å². The maximum Gasteiger partial charge on any atom is 0.308 e. The molecule has 0 aliphatic carbocycles. The first-order chi connectivity index (χ1) is 21.7. The van der Waals surface area contributed by atoms with Crippen molar-refractivity contribution in [3.63, 3.8) is 0 Å². The maximum absolute atomic E-state index is 14.2. The number of thioether (sulfide) groups is 1. The summed E-state index contributed by atoms with van der Waals surface area (Å²) < 4.78 is 6.65. The fourth-order valence-corrected chi connectivity index (χ4v) is 8.74. The number of carbonyl (C=O) groups excluding carboxylic acids is 3. The minimum Gasteiger partial charge on any atom is -0.508 e. The van der Waals surface area contributed by atoms with Crippen LogP contribution in [0.25, 0.3) is 0 Å². The fourth-order valence-electron chi connectivity index (χ4n) is 5.97. The lowest BCUT2D eigenvalue weighted by Crippen LogP contribution is -2.33. The summed E-state index contributed by atoms with van der Waals surface area (Å²) in [7, 11) is 1.55. The molecule has 45 heavy (non-hydrogen) atoms. The number of phenolic OH excluding ortho intramolecular Hbond substituents is 1. The summed E-state index contributed by atoms with van der Waals surface area (Å²) in [5.74, 6) is -1.76. The first-order valence-electron chi connectivity index (χ1n) is 14.6. The number of fused-ring (bicyclic) bond motifs is 2. The third-order valence-electron chi connectivity index (χ3n) is 8.21. The maximum atomic E-state index is 14.2. The number of methoxy groups -OCH3 is 1. The lowest BCUT2D eigenvalue weighted by atomic mass is 9.83. The van der Waals surface area contributed by atoms with Gasteiger partial charge in [-0.2, -0.15) is 0 Å². The highest BCUT2D eigenvalue weighted by atomic mass is 32.2. The van der Waals surface area contributed by atoms with Gasteiger partial charge in [-0.1, -0.05) is 35.2 Å². The van der Waals surface area contributed by atoms with Crippen LogP contribution in [0.1, 0.15) is 30.2 Å². The van der Waals surface area contributed by atoms with Crippen molar-refractivity contribution in [2.24, 2.45) is 5.92 Å². The number of hydrogen-bond acceptors (Lipinski definition) is 9. The van der Waals surface area contributed by atoms with E-state index in [1.54, 1.807) is 43.5 Å². The monoisotopic (exact) mass is 644 g/mol. The van der Waals surface area contributed by atoms with E-state index in [1.807, 2.05) is 24.3 Å². The molecule has 4 aromatic rings. The van der Waals surface area contributed by atoms with Gasteiger partial charge in [-0.05, 0) is 80.1 Å².